The van der Waals surface area contributed by atoms with Crippen molar-refractivity contribution in [2.75, 3.05) is 13.7 Å². The molecule has 2 aliphatic rings. The number of benzene rings is 1. The van der Waals surface area contributed by atoms with Crippen molar-refractivity contribution in [2.24, 2.45) is 5.92 Å². The highest BCUT2D eigenvalue weighted by atomic mass is 35.5. The first-order chi connectivity index (χ1) is 9.11. The molecular formula is C15H19Cl2NO. The summed E-state index contributed by atoms with van der Waals surface area (Å²) in [6.45, 7) is 0.243. The summed E-state index contributed by atoms with van der Waals surface area (Å²) in [5.41, 5.74) is 1.22. The molecule has 0 amide bonds. The second-order valence-corrected chi connectivity index (χ2v) is 6.64. The Morgan fingerprint density at radius 1 is 1.26 bits per heavy atom. The van der Waals surface area contributed by atoms with E-state index in [0.29, 0.717) is 34.0 Å². The zero-order valence-corrected chi connectivity index (χ0v) is 12.5. The molecule has 4 atom stereocenters. The van der Waals surface area contributed by atoms with Crippen LogP contribution < -0.4 is 0 Å². The smallest absolute Gasteiger partial charge is 0.0595 e. The zero-order chi connectivity index (χ0) is 13.6. The van der Waals surface area contributed by atoms with E-state index in [-0.39, 0.29) is 6.61 Å². The number of aliphatic hydroxyl groups is 1. The van der Waals surface area contributed by atoms with Crippen molar-refractivity contribution in [3.8, 4) is 0 Å². The maximum absolute atomic E-state index is 9.80. The second kappa shape index (κ2) is 5.25. The molecule has 4 heteroatoms. The molecule has 104 valence electrons. The van der Waals surface area contributed by atoms with Gasteiger partial charge >= 0.3 is 0 Å². The number of aliphatic hydroxyl groups excluding tert-OH is 1. The summed E-state index contributed by atoms with van der Waals surface area (Å²) >= 11 is 12.1. The molecule has 1 N–H and O–H groups in total. The van der Waals surface area contributed by atoms with Gasteiger partial charge in [0.15, 0.2) is 0 Å². The molecule has 1 aromatic carbocycles. The molecule has 2 heterocycles. The lowest BCUT2D eigenvalue weighted by atomic mass is 9.76. The van der Waals surface area contributed by atoms with E-state index in [4.69, 9.17) is 23.2 Å². The van der Waals surface area contributed by atoms with Gasteiger partial charge in [0, 0.05) is 24.6 Å². The van der Waals surface area contributed by atoms with Crippen molar-refractivity contribution >= 4 is 23.2 Å². The fourth-order valence-corrected chi connectivity index (χ4v) is 4.26. The van der Waals surface area contributed by atoms with E-state index in [0.717, 1.165) is 6.42 Å². The summed E-state index contributed by atoms with van der Waals surface area (Å²) in [7, 11) is 2.19. The third-order valence-electron chi connectivity index (χ3n) is 5.01. The zero-order valence-electron chi connectivity index (χ0n) is 11.0. The van der Waals surface area contributed by atoms with Crippen LogP contribution >= 0.6 is 23.2 Å². The van der Waals surface area contributed by atoms with E-state index >= 15 is 0 Å². The van der Waals surface area contributed by atoms with Crippen LogP contribution in [0.1, 0.15) is 30.7 Å². The lowest BCUT2D eigenvalue weighted by Crippen LogP contribution is -2.47. The van der Waals surface area contributed by atoms with Crippen LogP contribution in [-0.4, -0.2) is 35.7 Å². The van der Waals surface area contributed by atoms with Gasteiger partial charge in [0.2, 0.25) is 0 Å². The Morgan fingerprint density at radius 3 is 2.74 bits per heavy atom. The Bertz CT molecular complexity index is 479. The first-order valence-corrected chi connectivity index (χ1v) is 7.65. The highest BCUT2D eigenvalue weighted by molar-refractivity contribution is 6.42. The third-order valence-corrected chi connectivity index (χ3v) is 5.75. The van der Waals surface area contributed by atoms with Gasteiger partial charge in [-0.1, -0.05) is 29.3 Å². The Labute approximate surface area is 124 Å². The van der Waals surface area contributed by atoms with Crippen molar-refractivity contribution in [3.05, 3.63) is 33.8 Å². The molecule has 2 saturated heterocycles. The molecule has 0 spiro atoms. The van der Waals surface area contributed by atoms with Crippen LogP contribution in [0.25, 0.3) is 0 Å². The summed E-state index contributed by atoms with van der Waals surface area (Å²) in [6.07, 6.45) is 3.55. The SMILES string of the molecule is CN1[C@@H]2CC[C@H]1[C@H](CO)[C@H](c1ccc(Cl)c(Cl)c1)C2. The van der Waals surface area contributed by atoms with Gasteiger partial charge in [-0.15, -0.1) is 0 Å². The predicted octanol–water partition coefficient (Wildman–Crippen LogP) is 3.55. The molecule has 2 fully saturated rings. The van der Waals surface area contributed by atoms with Crippen LogP contribution in [0.4, 0.5) is 0 Å². The van der Waals surface area contributed by atoms with Crippen LogP contribution in [-0.2, 0) is 0 Å². The topological polar surface area (TPSA) is 23.5 Å². The Morgan fingerprint density at radius 2 is 2.05 bits per heavy atom. The van der Waals surface area contributed by atoms with E-state index in [1.165, 1.54) is 18.4 Å². The van der Waals surface area contributed by atoms with Crippen LogP contribution in [0, 0.1) is 5.92 Å². The third kappa shape index (κ3) is 2.29. The molecule has 2 aliphatic heterocycles. The van der Waals surface area contributed by atoms with Crippen molar-refractivity contribution in [1.82, 2.24) is 4.90 Å². The van der Waals surface area contributed by atoms with Crippen LogP contribution in [0.2, 0.25) is 10.0 Å². The molecule has 2 nitrogen and oxygen atoms in total. The van der Waals surface area contributed by atoms with Crippen LogP contribution in [0.3, 0.4) is 0 Å². The lowest BCUT2D eigenvalue weighted by Gasteiger charge is -2.42. The van der Waals surface area contributed by atoms with E-state index in [9.17, 15) is 5.11 Å². The summed E-state index contributed by atoms with van der Waals surface area (Å²) in [4.78, 5) is 2.45. The van der Waals surface area contributed by atoms with Crippen molar-refractivity contribution in [1.29, 1.82) is 0 Å². The van der Waals surface area contributed by atoms with Crippen molar-refractivity contribution in [3.63, 3.8) is 0 Å². The highest BCUT2D eigenvalue weighted by Gasteiger charge is 2.45. The molecule has 0 aliphatic carbocycles. The largest absolute Gasteiger partial charge is 0.396 e. The minimum absolute atomic E-state index is 0.243. The summed E-state index contributed by atoms with van der Waals surface area (Å²) < 4.78 is 0. The normalized spacial score (nSPS) is 34.7. The molecule has 0 unspecified atom stereocenters. The maximum Gasteiger partial charge on any atom is 0.0595 e. The van der Waals surface area contributed by atoms with E-state index in [1.54, 1.807) is 0 Å². The average molecular weight is 300 g/mol. The molecule has 2 bridgehead atoms. The monoisotopic (exact) mass is 299 g/mol. The van der Waals surface area contributed by atoms with Gasteiger partial charge in [0.25, 0.3) is 0 Å². The number of nitrogens with zero attached hydrogens (tertiary/aromatic N) is 1. The highest BCUT2D eigenvalue weighted by Crippen LogP contribution is 2.46. The number of rotatable bonds is 2. The van der Waals surface area contributed by atoms with Gasteiger partial charge in [0.1, 0.15) is 0 Å². The fraction of sp³-hybridized carbons (Fsp3) is 0.600. The number of fused-ring (bicyclic) bond motifs is 2. The van der Waals surface area contributed by atoms with Crippen molar-refractivity contribution in [2.45, 2.75) is 37.3 Å². The fourth-order valence-electron chi connectivity index (χ4n) is 3.95. The standard InChI is InChI=1S/C15H19Cl2NO/c1-18-10-3-5-15(18)12(8-19)11(7-10)9-2-4-13(16)14(17)6-9/h2,4,6,10-12,15,19H,3,5,7-8H2,1H3/t10-,11+,12-,15+/m1/s1. The van der Waals surface area contributed by atoms with Gasteiger partial charge < -0.3 is 10.0 Å². The van der Waals surface area contributed by atoms with Gasteiger partial charge in [-0.3, -0.25) is 0 Å². The molecular weight excluding hydrogens is 281 g/mol. The van der Waals surface area contributed by atoms with Crippen molar-refractivity contribution < 1.29 is 5.11 Å². The lowest BCUT2D eigenvalue weighted by molar-refractivity contribution is 0.0592. The molecule has 19 heavy (non-hydrogen) atoms. The quantitative estimate of drug-likeness (QED) is 0.903. The molecule has 0 aromatic heterocycles. The van der Waals surface area contributed by atoms with Gasteiger partial charge in [-0.25, -0.2) is 0 Å². The predicted molar refractivity (Wildman–Crippen MR) is 79.0 cm³/mol. The maximum atomic E-state index is 9.80. The number of hydrogen-bond acceptors (Lipinski definition) is 2. The summed E-state index contributed by atoms with van der Waals surface area (Å²) in [6, 6.07) is 7.05. The van der Waals surface area contributed by atoms with Gasteiger partial charge in [-0.2, -0.15) is 0 Å². The van der Waals surface area contributed by atoms with E-state index in [1.807, 2.05) is 12.1 Å². The Balaban J connectivity index is 1.93. The second-order valence-electron chi connectivity index (χ2n) is 5.83. The molecule has 0 saturated carbocycles. The van der Waals surface area contributed by atoms with Crippen LogP contribution in [0.15, 0.2) is 18.2 Å². The Kier molecular flexibility index (Phi) is 3.78. The van der Waals surface area contributed by atoms with E-state index < -0.39 is 0 Å². The van der Waals surface area contributed by atoms with Crippen LogP contribution in [0.5, 0.6) is 0 Å². The number of hydrogen-bond donors (Lipinski definition) is 1. The number of piperidine rings is 1. The minimum atomic E-state index is 0.243. The molecule has 1 aromatic rings. The first kappa shape index (κ1) is 13.7. The first-order valence-electron chi connectivity index (χ1n) is 6.89. The average Bonchev–Trinajstić information content (AvgIpc) is 2.65. The molecule has 3 rings (SSSR count). The van der Waals surface area contributed by atoms with E-state index in [2.05, 4.69) is 18.0 Å². The molecule has 0 radical (unpaired) electrons. The Hall–Kier alpha value is -0.280. The minimum Gasteiger partial charge on any atom is -0.396 e. The summed E-state index contributed by atoms with van der Waals surface area (Å²) in [5, 5.41) is 11.0. The van der Waals surface area contributed by atoms with Gasteiger partial charge in [-0.05, 0) is 49.9 Å². The number of halogens is 2. The van der Waals surface area contributed by atoms with Gasteiger partial charge in [0.05, 0.1) is 10.0 Å². The summed E-state index contributed by atoms with van der Waals surface area (Å²) in [5.74, 6) is 0.703.